The Kier molecular flexibility index (Phi) is 6.02. The summed E-state index contributed by atoms with van der Waals surface area (Å²) < 4.78 is 37.6. The summed E-state index contributed by atoms with van der Waals surface area (Å²) in [4.78, 5) is 12.8. The van der Waals surface area contributed by atoms with E-state index in [9.17, 15) is 13.2 Å². The normalized spacial score (nSPS) is 16.8. The van der Waals surface area contributed by atoms with Crippen LogP contribution in [0.3, 0.4) is 0 Å². The molecule has 29 heavy (non-hydrogen) atoms. The number of sulfonamides is 1. The number of carbonyl (C=O) groups is 1. The zero-order valence-corrected chi connectivity index (χ0v) is 17.8. The van der Waals surface area contributed by atoms with Crippen LogP contribution in [-0.2, 0) is 14.8 Å². The maximum absolute atomic E-state index is 12.8. The Morgan fingerprint density at radius 2 is 1.90 bits per heavy atom. The third-order valence-electron chi connectivity index (χ3n) is 4.76. The van der Waals surface area contributed by atoms with Gasteiger partial charge in [0, 0.05) is 0 Å². The van der Waals surface area contributed by atoms with Crippen molar-refractivity contribution >= 4 is 21.6 Å². The van der Waals surface area contributed by atoms with E-state index in [1.54, 1.807) is 19.1 Å². The van der Waals surface area contributed by atoms with Crippen LogP contribution in [0.5, 0.6) is 11.5 Å². The molecule has 0 saturated heterocycles. The summed E-state index contributed by atoms with van der Waals surface area (Å²) in [6, 6.07) is 11.9. The molecule has 0 fully saturated rings. The number of nitrogens with one attached hydrogen (secondary N) is 1. The standard InChI is InChI=1S/C21H26N2O5S/c1-14-9-10-15(2)18(11-14)23(29(4,25)26)16(3)21(24)22-12-17-13-27-19-7-5-6-8-20(19)28-17/h5-11,16-17H,12-13H2,1-4H3,(H,22,24)/t16-,17+/m1/s1. The SMILES string of the molecule is Cc1ccc(C)c(N([C@H](C)C(=O)NC[C@H]2COc3ccccc3O2)S(C)(=O)=O)c1. The monoisotopic (exact) mass is 418 g/mol. The van der Waals surface area contributed by atoms with E-state index in [0.717, 1.165) is 21.7 Å². The number of nitrogens with zero attached hydrogens (tertiary/aromatic N) is 1. The molecule has 3 rings (SSSR count). The molecule has 1 N–H and O–H groups in total. The van der Waals surface area contributed by atoms with E-state index >= 15 is 0 Å². The van der Waals surface area contributed by atoms with Crippen LogP contribution in [0.4, 0.5) is 5.69 Å². The van der Waals surface area contributed by atoms with E-state index in [4.69, 9.17) is 9.47 Å². The lowest BCUT2D eigenvalue weighted by atomic mass is 10.1. The summed E-state index contributed by atoms with van der Waals surface area (Å²) >= 11 is 0. The van der Waals surface area contributed by atoms with Gasteiger partial charge in [0.1, 0.15) is 18.8 Å². The molecule has 0 unspecified atom stereocenters. The molecule has 2 aromatic rings. The molecule has 0 saturated carbocycles. The lowest BCUT2D eigenvalue weighted by Gasteiger charge is -2.31. The Morgan fingerprint density at radius 1 is 1.21 bits per heavy atom. The molecule has 0 spiro atoms. The summed E-state index contributed by atoms with van der Waals surface area (Å²) in [6.07, 6.45) is 0.751. The molecule has 0 bridgehead atoms. The van der Waals surface area contributed by atoms with E-state index in [1.807, 2.05) is 44.2 Å². The minimum Gasteiger partial charge on any atom is -0.486 e. The van der Waals surface area contributed by atoms with Crippen molar-refractivity contribution < 1.29 is 22.7 Å². The summed E-state index contributed by atoms with van der Waals surface area (Å²) in [6.45, 7) is 5.79. The number of aryl methyl sites for hydroxylation is 2. The zero-order chi connectivity index (χ0) is 21.2. The fourth-order valence-electron chi connectivity index (χ4n) is 3.26. The van der Waals surface area contributed by atoms with Crippen molar-refractivity contribution in [2.45, 2.75) is 32.9 Å². The molecule has 2 atom stereocenters. The van der Waals surface area contributed by atoms with Crippen LogP contribution in [0.25, 0.3) is 0 Å². The Labute approximate surface area is 171 Å². The zero-order valence-electron chi connectivity index (χ0n) is 17.0. The highest BCUT2D eigenvalue weighted by Crippen LogP contribution is 2.31. The molecular formula is C21H26N2O5S. The van der Waals surface area contributed by atoms with E-state index in [2.05, 4.69) is 5.32 Å². The first-order valence-corrected chi connectivity index (χ1v) is 11.2. The lowest BCUT2D eigenvalue weighted by Crippen LogP contribution is -2.50. The highest BCUT2D eigenvalue weighted by Gasteiger charge is 2.31. The number of ether oxygens (including phenoxy) is 2. The topological polar surface area (TPSA) is 84.9 Å². The predicted molar refractivity (Wildman–Crippen MR) is 112 cm³/mol. The summed E-state index contributed by atoms with van der Waals surface area (Å²) in [5, 5.41) is 2.79. The predicted octanol–water partition coefficient (Wildman–Crippen LogP) is 2.41. The molecule has 0 radical (unpaired) electrons. The highest BCUT2D eigenvalue weighted by atomic mass is 32.2. The van der Waals surface area contributed by atoms with Crippen molar-refractivity contribution in [1.29, 1.82) is 0 Å². The van der Waals surface area contributed by atoms with Gasteiger partial charge in [0.2, 0.25) is 15.9 Å². The highest BCUT2D eigenvalue weighted by molar-refractivity contribution is 7.92. The second-order valence-corrected chi connectivity index (χ2v) is 9.13. The summed E-state index contributed by atoms with van der Waals surface area (Å²) in [5.41, 5.74) is 2.20. The summed E-state index contributed by atoms with van der Waals surface area (Å²) in [5.74, 6) is 0.889. The van der Waals surface area contributed by atoms with Crippen molar-refractivity contribution in [2.24, 2.45) is 0 Å². The van der Waals surface area contributed by atoms with Crippen molar-refractivity contribution in [3.05, 3.63) is 53.6 Å². The number of amides is 1. The molecule has 1 aliphatic heterocycles. The minimum absolute atomic E-state index is 0.210. The number of rotatable bonds is 6. The van der Waals surface area contributed by atoms with Crippen molar-refractivity contribution in [1.82, 2.24) is 5.32 Å². The van der Waals surface area contributed by atoms with Gasteiger partial charge in [-0.05, 0) is 50.1 Å². The Bertz CT molecular complexity index is 1010. The van der Waals surface area contributed by atoms with Crippen LogP contribution in [0, 0.1) is 13.8 Å². The molecule has 1 aliphatic rings. The van der Waals surface area contributed by atoms with Crippen molar-refractivity contribution in [2.75, 3.05) is 23.7 Å². The molecule has 1 heterocycles. The third-order valence-corrected chi connectivity index (χ3v) is 5.99. The van der Waals surface area contributed by atoms with Gasteiger partial charge < -0.3 is 14.8 Å². The van der Waals surface area contributed by atoms with E-state index in [-0.39, 0.29) is 12.6 Å². The molecule has 2 aromatic carbocycles. The Morgan fingerprint density at radius 3 is 2.59 bits per heavy atom. The van der Waals surface area contributed by atoms with Gasteiger partial charge in [0.15, 0.2) is 11.5 Å². The first-order valence-electron chi connectivity index (χ1n) is 9.39. The van der Waals surface area contributed by atoms with Crippen LogP contribution in [0.2, 0.25) is 0 Å². The number of anilines is 1. The molecular weight excluding hydrogens is 392 g/mol. The smallest absolute Gasteiger partial charge is 0.243 e. The number of hydrogen-bond donors (Lipinski definition) is 1. The van der Waals surface area contributed by atoms with Crippen molar-refractivity contribution in [3.8, 4) is 11.5 Å². The molecule has 0 aromatic heterocycles. The second kappa shape index (κ2) is 8.32. The largest absolute Gasteiger partial charge is 0.486 e. The van der Waals surface area contributed by atoms with Gasteiger partial charge >= 0.3 is 0 Å². The number of benzene rings is 2. The van der Waals surface area contributed by atoms with Crippen LogP contribution in [-0.4, -0.2) is 45.9 Å². The fourth-order valence-corrected chi connectivity index (χ4v) is 4.49. The van der Waals surface area contributed by atoms with Gasteiger partial charge in [-0.25, -0.2) is 8.42 Å². The summed E-state index contributed by atoms with van der Waals surface area (Å²) in [7, 11) is -3.67. The van der Waals surface area contributed by atoms with E-state index < -0.39 is 22.0 Å². The van der Waals surface area contributed by atoms with Gasteiger partial charge in [-0.15, -0.1) is 0 Å². The first-order chi connectivity index (χ1) is 13.7. The molecule has 7 nitrogen and oxygen atoms in total. The molecule has 8 heteroatoms. The number of para-hydroxylation sites is 2. The van der Waals surface area contributed by atoms with Gasteiger partial charge in [-0.2, -0.15) is 0 Å². The lowest BCUT2D eigenvalue weighted by molar-refractivity contribution is -0.122. The van der Waals surface area contributed by atoms with Gasteiger partial charge in [-0.3, -0.25) is 9.10 Å². The quantitative estimate of drug-likeness (QED) is 0.779. The molecule has 0 aliphatic carbocycles. The number of carbonyl (C=O) groups excluding carboxylic acids is 1. The maximum atomic E-state index is 12.8. The Hall–Kier alpha value is -2.74. The van der Waals surface area contributed by atoms with Crippen LogP contribution >= 0.6 is 0 Å². The van der Waals surface area contributed by atoms with E-state index in [0.29, 0.717) is 23.8 Å². The first kappa shape index (κ1) is 21.0. The van der Waals surface area contributed by atoms with Crippen LogP contribution in [0.1, 0.15) is 18.1 Å². The van der Waals surface area contributed by atoms with Gasteiger partial charge in [0.05, 0.1) is 18.5 Å². The average Bonchev–Trinajstić information content (AvgIpc) is 2.67. The molecule has 1 amide bonds. The van der Waals surface area contributed by atoms with E-state index in [1.165, 1.54) is 0 Å². The third kappa shape index (κ3) is 4.82. The van der Waals surface area contributed by atoms with Gasteiger partial charge in [-0.1, -0.05) is 24.3 Å². The second-order valence-electron chi connectivity index (χ2n) is 7.27. The van der Waals surface area contributed by atoms with Gasteiger partial charge in [0.25, 0.3) is 0 Å². The number of fused-ring (bicyclic) bond motifs is 1. The average molecular weight is 419 g/mol. The maximum Gasteiger partial charge on any atom is 0.243 e. The van der Waals surface area contributed by atoms with Crippen LogP contribution in [0.15, 0.2) is 42.5 Å². The minimum atomic E-state index is -3.67. The number of hydrogen-bond acceptors (Lipinski definition) is 5. The fraction of sp³-hybridized carbons (Fsp3) is 0.381. The van der Waals surface area contributed by atoms with Crippen molar-refractivity contribution in [3.63, 3.8) is 0 Å². The molecule has 156 valence electrons. The Balaban J connectivity index is 1.71. The van der Waals surface area contributed by atoms with Crippen LogP contribution < -0.4 is 19.1 Å².